The monoisotopic (exact) mass is 445 g/mol. The zero-order valence-electron chi connectivity index (χ0n) is 18.9. The zero-order valence-corrected chi connectivity index (χ0v) is 18.9. The Hall–Kier alpha value is -3.09. The Labute approximate surface area is 193 Å². The fourth-order valence-corrected chi connectivity index (χ4v) is 5.35. The van der Waals surface area contributed by atoms with Crippen molar-refractivity contribution in [2.75, 3.05) is 24.7 Å². The largest absolute Gasteiger partial charge is 0.486 e. The lowest BCUT2D eigenvalue weighted by molar-refractivity contribution is 0.171. The molecule has 170 valence electrons. The summed E-state index contributed by atoms with van der Waals surface area (Å²) < 4.78 is 26.4. The SMILES string of the molecule is Cc1ccc(C2NNC3c4cc5c(cc4N(Cc4ccccc4F)CC23)OCCO5)cc1C. The van der Waals surface area contributed by atoms with Crippen molar-refractivity contribution in [2.45, 2.75) is 32.5 Å². The van der Waals surface area contributed by atoms with E-state index in [1.165, 1.54) is 22.8 Å². The first-order valence-electron chi connectivity index (χ1n) is 11.6. The van der Waals surface area contributed by atoms with Crippen LogP contribution in [0.3, 0.4) is 0 Å². The molecule has 3 aliphatic rings. The standard InChI is InChI=1S/C27H28FN3O2/c1-16-7-8-18(11-17(16)2)26-21-15-31(14-19-5-3-4-6-22(19)28)23-13-25-24(32-9-10-33-25)12-20(23)27(21)30-29-26/h3-8,11-13,21,26-27,29-30H,9-10,14-15H2,1-2H3. The molecular weight excluding hydrogens is 417 g/mol. The van der Waals surface area contributed by atoms with Gasteiger partial charge in [-0.1, -0.05) is 36.4 Å². The Balaban J connectivity index is 1.42. The number of fused-ring (bicyclic) bond motifs is 4. The minimum atomic E-state index is -0.174. The summed E-state index contributed by atoms with van der Waals surface area (Å²) in [6, 6.07) is 18.1. The Morgan fingerprint density at radius 1 is 0.909 bits per heavy atom. The van der Waals surface area contributed by atoms with Gasteiger partial charge in [0.2, 0.25) is 0 Å². The summed E-state index contributed by atoms with van der Waals surface area (Å²) >= 11 is 0. The van der Waals surface area contributed by atoms with E-state index in [-0.39, 0.29) is 23.8 Å². The number of nitrogens with one attached hydrogen (secondary N) is 2. The van der Waals surface area contributed by atoms with E-state index < -0.39 is 0 Å². The molecular formula is C27H28FN3O2. The van der Waals surface area contributed by atoms with E-state index in [1.807, 2.05) is 12.1 Å². The minimum absolute atomic E-state index is 0.124. The van der Waals surface area contributed by atoms with Crippen molar-refractivity contribution in [3.8, 4) is 11.5 Å². The number of benzene rings is 3. The maximum absolute atomic E-state index is 14.6. The molecule has 3 aromatic carbocycles. The van der Waals surface area contributed by atoms with Gasteiger partial charge in [0.25, 0.3) is 0 Å². The molecule has 3 aliphatic heterocycles. The number of rotatable bonds is 3. The van der Waals surface area contributed by atoms with Crippen molar-refractivity contribution >= 4 is 5.69 Å². The molecule has 0 bridgehead atoms. The van der Waals surface area contributed by atoms with Crippen LogP contribution in [-0.4, -0.2) is 19.8 Å². The Morgan fingerprint density at radius 2 is 1.67 bits per heavy atom. The molecule has 0 saturated carbocycles. The predicted octanol–water partition coefficient (Wildman–Crippen LogP) is 4.74. The third kappa shape index (κ3) is 3.54. The number of hydrazine groups is 1. The fraction of sp³-hybridized carbons (Fsp3) is 0.333. The van der Waals surface area contributed by atoms with Crippen LogP contribution < -0.4 is 25.2 Å². The van der Waals surface area contributed by atoms with Crippen LogP contribution in [0.1, 0.15) is 39.9 Å². The van der Waals surface area contributed by atoms with Gasteiger partial charge in [-0.2, -0.15) is 0 Å². The van der Waals surface area contributed by atoms with Crippen molar-refractivity contribution in [3.05, 3.63) is 88.2 Å². The van der Waals surface area contributed by atoms with Crippen molar-refractivity contribution in [3.63, 3.8) is 0 Å². The summed E-state index contributed by atoms with van der Waals surface area (Å²) in [5.74, 6) is 1.64. The molecule has 1 fully saturated rings. The Morgan fingerprint density at radius 3 is 2.45 bits per heavy atom. The lowest BCUT2D eigenvalue weighted by Crippen LogP contribution is -2.39. The van der Waals surface area contributed by atoms with E-state index in [2.05, 4.69) is 59.9 Å². The number of nitrogens with zero attached hydrogens (tertiary/aromatic N) is 1. The number of halogens is 1. The van der Waals surface area contributed by atoms with Crippen molar-refractivity contribution in [2.24, 2.45) is 5.92 Å². The summed E-state index contributed by atoms with van der Waals surface area (Å²) in [7, 11) is 0. The molecule has 6 rings (SSSR count). The number of hydrogen-bond donors (Lipinski definition) is 2. The molecule has 0 aliphatic carbocycles. The highest BCUT2D eigenvalue weighted by Gasteiger charge is 2.44. The van der Waals surface area contributed by atoms with Gasteiger partial charge in [0.05, 0.1) is 12.1 Å². The van der Waals surface area contributed by atoms with Crippen molar-refractivity contribution in [1.29, 1.82) is 0 Å². The predicted molar refractivity (Wildman–Crippen MR) is 126 cm³/mol. The second-order valence-corrected chi connectivity index (χ2v) is 9.28. The van der Waals surface area contributed by atoms with Crippen LogP contribution in [0.15, 0.2) is 54.6 Å². The van der Waals surface area contributed by atoms with Crippen LogP contribution in [0, 0.1) is 25.6 Å². The van der Waals surface area contributed by atoms with Gasteiger partial charge in [-0.3, -0.25) is 0 Å². The second kappa shape index (κ2) is 8.04. The van der Waals surface area contributed by atoms with Gasteiger partial charge < -0.3 is 14.4 Å². The van der Waals surface area contributed by atoms with Crippen LogP contribution in [0.4, 0.5) is 10.1 Å². The van der Waals surface area contributed by atoms with Crippen LogP contribution in [0.2, 0.25) is 0 Å². The quantitative estimate of drug-likeness (QED) is 0.610. The first kappa shape index (κ1) is 20.5. The molecule has 3 unspecified atom stereocenters. The molecule has 1 saturated heterocycles. The molecule has 0 amide bonds. The molecule has 33 heavy (non-hydrogen) atoms. The van der Waals surface area contributed by atoms with E-state index in [0.29, 0.717) is 25.3 Å². The van der Waals surface area contributed by atoms with Crippen molar-refractivity contribution in [1.82, 2.24) is 10.9 Å². The fourth-order valence-electron chi connectivity index (χ4n) is 5.35. The van der Waals surface area contributed by atoms with Gasteiger partial charge in [-0.05, 0) is 48.2 Å². The summed E-state index contributed by atoms with van der Waals surface area (Å²) in [6.07, 6.45) is 0. The van der Waals surface area contributed by atoms with E-state index in [9.17, 15) is 4.39 Å². The topological polar surface area (TPSA) is 45.8 Å². The molecule has 3 heterocycles. The normalized spacial score (nSPS) is 23.2. The summed E-state index contributed by atoms with van der Waals surface area (Å²) in [5, 5.41) is 0. The summed E-state index contributed by atoms with van der Waals surface area (Å²) in [4.78, 5) is 2.29. The molecule has 3 atom stereocenters. The Bertz CT molecular complexity index is 1210. The number of ether oxygens (including phenoxy) is 2. The smallest absolute Gasteiger partial charge is 0.163 e. The van der Waals surface area contributed by atoms with E-state index in [4.69, 9.17) is 9.47 Å². The van der Waals surface area contributed by atoms with Gasteiger partial charge in [0, 0.05) is 36.3 Å². The lowest BCUT2D eigenvalue weighted by atomic mass is 9.81. The average molecular weight is 446 g/mol. The van der Waals surface area contributed by atoms with Gasteiger partial charge in [-0.25, -0.2) is 15.2 Å². The number of anilines is 1. The molecule has 0 radical (unpaired) electrons. The molecule has 5 nitrogen and oxygen atoms in total. The molecule has 0 aromatic heterocycles. The van der Waals surface area contributed by atoms with E-state index in [0.717, 1.165) is 29.3 Å². The van der Waals surface area contributed by atoms with Crippen molar-refractivity contribution < 1.29 is 13.9 Å². The third-order valence-corrected chi connectivity index (χ3v) is 7.26. The minimum Gasteiger partial charge on any atom is -0.486 e. The lowest BCUT2D eigenvalue weighted by Gasteiger charge is -2.40. The highest BCUT2D eigenvalue weighted by atomic mass is 19.1. The maximum atomic E-state index is 14.6. The third-order valence-electron chi connectivity index (χ3n) is 7.26. The Kier molecular flexibility index (Phi) is 5.00. The maximum Gasteiger partial charge on any atom is 0.163 e. The van der Waals surface area contributed by atoms with Gasteiger partial charge in [0.1, 0.15) is 19.0 Å². The number of hydrogen-bond acceptors (Lipinski definition) is 5. The van der Waals surface area contributed by atoms with Crippen LogP contribution in [0.5, 0.6) is 11.5 Å². The first-order valence-corrected chi connectivity index (χ1v) is 11.6. The molecule has 6 heteroatoms. The van der Waals surface area contributed by atoms with Crippen LogP contribution >= 0.6 is 0 Å². The van der Waals surface area contributed by atoms with E-state index in [1.54, 1.807) is 6.07 Å². The highest BCUT2D eigenvalue weighted by molar-refractivity contribution is 5.65. The molecule has 2 N–H and O–H groups in total. The number of aryl methyl sites for hydroxylation is 2. The average Bonchev–Trinajstić information content (AvgIpc) is 3.25. The summed E-state index contributed by atoms with van der Waals surface area (Å²) in [6.45, 7) is 6.68. The van der Waals surface area contributed by atoms with Crippen LogP contribution in [0.25, 0.3) is 0 Å². The first-order chi connectivity index (χ1) is 16.1. The van der Waals surface area contributed by atoms with Gasteiger partial charge >= 0.3 is 0 Å². The van der Waals surface area contributed by atoms with Crippen LogP contribution in [-0.2, 0) is 6.54 Å². The van der Waals surface area contributed by atoms with Gasteiger partial charge in [-0.15, -0.1) is 0 Å². The second-order valence-electron chi connectivity index (χ2n) is 9.28. The zero-order chi connectivity index (χ0) is 22.5. The van der Waals surface area contributed by atoms with Gasteiger partial charge in [0.15, 0.2) is 11.5 Å². The highest BCUT2D eigenvalue weighted by Crippen LogP contribution is 2.49. The van der Waals surface area contributed by atoms with E-state index >= 15 is 0 Å². The molecule has 0 spiro atoms. The summed E-state index contributed by atoms with van der Waals surface area (Å²) in [5.41, 5.74) is 13.9. The molecule has 3 aromatic rings.